The predicted molar refractivity (Wildman–Crippen MR) is 74.6 cm³/mol. The van der Waals surface area contributed by atoms with E-state index in [0.29, 0.717) is 32.1 Å². The van der Waals surface area contributed by atoms with Gasteiger partial charge in [-0.25, -0.2) is 13.6 Å². The number of guanidine groups is 1. The highest BCUT2D eigenvalue weighted by Crippen LogP contribution is 2.18. The molecular weight excluding hydrogens is 282 g/mol. The smallest absolute Gasteiger partial charge is 0.410 e. The number of hydrogen-bond acceptors (Lipinski definition) is 5. The van der Waals surface area contributed by atoms with E-state index in [1.165, 1.54) is 0 Å². The molecule has 0 aromatic heterocycles. The normalized spacial score (nSPS) is 22.2. The molecule has 1 saturated heterocycles. The van der Waals surface area contributed by atoms with Crippen LogP contribution in [-0.4, -0.2) is 72.6 Å². The van der Waals surface area contributed by atoms with Crippen molar-refractivity contribution >= 4 is 12.1 Å². The van der Waals surface area contributed by atoms with Gasteiger partial charge in [0.05, 0.1) is 19.1 Å². The molecule has 2 heterocycles. The molecule has 2 aliphatic rings. The van der Waals surface area contributed by atoms with Crippen molar-refractivity contribution in [2.75, 3.05) is 32.7 Å². The summed E-state index contributed by atoms with van der Waals surface area (Å²) in [6.07, 6.45) is -2.74. The molecular formula is C13H22F2N4O2. The number of amides is 1. The highest BCUT2D eigenvalue weighted by atomic mass is 19.3. The van der Waals surface area contributed by atoms with Gasteiger partial charge in [0, 0.05) is 19.6 Å². The first-order chi connectivity index (χ1) is 9.76. The number of hydrogen-bond donors (Lipinski definition) is 1. The molecule has 0 aromatic rings. The van der Waals surface area contributed by atoms with Gasteiger partial charge < -0.3 is 19.9 Å². The van der Waals surface area contributed by atoms with Crippen LogP contribution in [0.4, 0.5) is 13.6 Å². The van der Waals surface area contributed by atoms with Crippen molar-refractivity contribution in [3.63, 3.8) is 0 Å². The van der Waals surface area contributed by atoms with Crippen LogP contribution >= 0.6 is 0 Å². The minimum Gasteiger partial charge on any atom is -0.444 e. The Labute approximate surface area is 123 Å². The van der Waals surface area contributed by atoms with Gasteiger partial charge in [-0.15, -0.1) is 0 Å². The summed E-state index contributed by atoms with van der Waals surface area (Å²) in [6.45, 7) is 7.14. The van der Waals surface area contributed by atoms with Gasteiger partial charge in [-0.05, 0) is 20.8 Å². The van der Waals surface area contributed by atoms with Crippen LogP contribution < -0.4 is 5.32 Å². The van der Waals surface area contributed by atoms with E-state index in [9.17, 15) is 13.6 Å². The van der Waals surface area contributed by atoms with Crippen molar-refractivity contribution in [3.05, 3.63) is 0 Å². The summed E-state index contributed by atoms with van der Waals surface area (Å²) >= 11 is 0. The summed E-state index contributed by atoms with van der Waals surface area (Å²) in [5.74, 6) is 0.504. The third-order valence-electron chi connectivity index (χ3n) is 3.27. The molecule has 120 valence electrons. The van der Waals surface area contributed by atoms with Gasteiger partial charge in [-0.1, -0.05) is 0 Å². The van der Waals surface area contributed by atoms with Gasteiger partial charge in [-0.3, -0.25) is 4.99 Å². The lowest BCUT2D eigenvalue weighted by Gasteiger charge is -2.39. The average Bonchev–Trinajstić information content (AvgIpc) is 2.76. The molecule has 2 rings (SSSR count). The van der Waals surface area contributed by atoms with Crippen LogP contribution in [0, 0.1) is 0 Å². The van der Waals surface area contributed by atoms with Crippen LogP contribution in [0.3, 0.4) is 0 Å². The Morgan fingerprint density at radius 3 is 2.81 bits per heavy atom. The van der Waals surface area contributed by atoms with E-state index in [4.69, 9.17) is 4.74 Å². The number of aliphatic imine (C=N–C) groups is 1. The molecule has 0 unspecified atom stereocenters. The molecule has 8 heteroatoms. The number of fused-ring (bicyclic) bond motifs is 1. The lowest BCUT2D eigenvalue weighted by atomic mass is 10.2. The summed E-state index contributed by atoms with van der Waals surface area (Å²) in [7, 11) is 0. The molecule has 0 spiro atoms. The molecule has 0 aliphatic carbocycles. The van der Waals surface area contributed by atoms with Crippen molar-refractivity contribution < 1.29 is 18.3 Å². The number of carbonyl (C=O) groups is 1. The number of carbonyl (C=O) groups excluding carboxylic acids is 1. The van der Waals surface area contributed by atoms with Crippen LogP contribution in [-0.2, 0) is 4.74 Å². The maximum Gasteiger partial charge on any atom is 0.410 e. The van der Waals surface area contributed by atoms with Gasteiger partial charge in [0.1, 0.15) is 5.60 Å². The maximum atomic E-state index is 12.2. The second-order valence-corrected chi connectivity index (χ2v) is 6.21. The largest absolute Gasteiger partial charge is 0.444 e. The number of alkyl halides is 2. The fraction of sp³-hybridized carbons (Fsp3) is 0.846. The summed E-state index contributed by atoms with van der Waals surface area (Å²) in [6, 6.07) is 0.0337. The van der Waals surface area contributed by atoms with E-state index in [2.05, 4.69) is 10.3 Å². The van der Waals surface area contributed by atoms with E-state index in [1.807, 2.05) is 25.7 Å². The number of ether oxygens (including phenoxy) is 1. The van der Waals surface area contributed by atoms with Crippen LogP contribution in [0.1, 0.15) is 20.8 Å². The molecule has 0 radical (unpaired) electrons. The van der Waals surface area contributed by atoms with E-state index >= 15 is 0 Å². The topological polar surface area (TPSA) is 57.2 Å². The Kier molecular flexibility index (Phi) is 4.53. The lowest BCUT2D eigenvalue weighted by molar-refractivity contribution is 0.0137. The zero-order chi connectivity index (χ0) is 15.6. The van der Waals surface area contributed by atoms with Crippen LogP contribution in [0.2, 0.25) is 0 Å². The van der Waals surface area contributed by atoms with Crippen LogP contribution in [0.15, 0.2) is 4.99 Å². The van der Waals surface area contributed by atoms with E-state index in [0.717, 1.165) is 0 Å². The molecule has 0 aromatic carbocycles. The average molecular weight is 304 g/mol. The Morgan fingerprint density at radius 2 is 2.19 bits per heavy atom. The van der Waals surface area contributed by atoms with Gasteiger partial charge >= 0.3 is 6.09 Å². The highest BCUT2D eigenvalue weighted by Gasteiger charge is 2.36. The number of nitrogens with one attached hydrogen (secondary N) is 1. The predicted octanol–water partition coefficient (Wildman–Crippen LogP) is 1.13. The molecule has 1 amide bonds. The molecule has 1 atom stereocenters. The monoisotopic (exact) mass is 304 g/mol. The van der Waals surface area contributed by atoms with Crippen molar-refractivity contribution in [2.45, 2.75) is 38.8 Å². The second kappa shape index (κ2) is 6.03. The number of piperazine rings is 1. The van der Waals surface area contributed by atoms with Crippen molar-refractivity contribution in [1.82, 2.24) is 15.1 Å². The highest BCUT2D eigenvalue weighted by molar-refractivity contribution is 5.82. The molecule has 2 aliphatic heterocycles. The van der Waals surface area contributed by atoms with Crippen LogP contribution in [0.25, 0.3) is 0 Å². The molecule has 6 nitrogen and oxygen atoms in total. The first kappa shape index (κ1) is 15.8. The summed E-state index contributed by atoms with van der Waals surface area (Å²) in [5.41, 5.74) is -0.523. The third kappa shape index (κ3) is 4.18. The molecule has 1 fully saturated rings. The Bertz CT molecular complexity index is 423. The van der Waals surface area contributed by atoms with Crippen molar-refractivity contribution in [2.24, 2.45) is 4.99 Å². The van der Waals surface area contributed by atoms with E-state index in [1.54, 1.807) is 4.90 Å². The van der Waals surface area contributed by atoms with Crippen molar-refractivity contribution in [3.8, 4) is 0 Å². The standard InChI is InChI=1S/C13H22F2N4O2/c1-13(2,3)21-12(20)18-4-5-19-9(8-18)6-16-11(19)17-7-10(14)15/h9-10H,4-8H2,1-3H3,(H,16,17)/t9-/m0/s1. The first-order valence-corrected chi connectivity index (χ1v) is 7.07. The van der Waals surface area contributed by atoms with Crippen LogP contribution in [0.5, 0.6) is 0 Å². The molecule has 0 saturated carbocycles. The molecule has 0 bridgehead atoms. The zero-order valence-corrected chi connectivity index (χ0v) is 12.6. The maximum absolute atomic E-state index is 12.2. The summed E-state index contributed by atoms with van der Waals surface area (Å²) in [4.78, 5) is 19.9. The zero-order valence-electron chi connectivity index (χ0n) is 12.6. The fourth-order valence-corrected chi connectivity index (χ4v) is 2.39. The van der Waals surface area contributed by atoms with Gasteiger partial charge in [0.2, 0.25) is 0 Å². The SMILES string of the molecule is CC(C)(C)OC(=O)N1CCN2C(NCC(F)F)=NC[C@H]2C1. The fourth-order valence-electron chi connectivity index (χ4n) is 2.39. The van der Waals surface area contributed by atoms with Gasteiger partial charge in [-0.2, -0.15) is 0 Å². The number of halogens is 2. The second-order valence-electron chi connectivity index (χ2n) is 6.21. The quantitative estimate of drug-likeness (QED) is 0.831. The van der Waals surface area contributed by atoms with Crippen molar-refractivity contribution in [1.29, 1.82) is 0 Å². The Balaban J connectivity index is 1.86. The lowest BCUT2D eigenvalue weighted by Crippen LogP contribution is -2.57. The Morgan fingerprint density at radius 1 is 1.48 bits per heavy atom. The molecule has 21 heavy (non-hydrogen) atoms. The Hall–Kier alpha value is -1.60. The van der Waals surface area contributed by atoms with E-state index < -0.39 is 18.6 Å². The minimum atomic E-state index is -2.41. The molecule has 1 N–H and O–H groups in total. The first-order valence-electron chi connectivity index (χ1n) is 7.07. The third-order valence-corrected chi connectivity index (χ3v) is 3.27. The van der Waals surface area contributed by atoms with Gasteiger partial charge in [0.25, 0.3) is 6.43 Å². The number of nitrogens with zero attached hydrogens (tertiary/aromatic N) is 3. The number of rotatable bonds is 2. The van der Waals surface area contributed by atoms with Gasteiger partial charge in [0.15, 0.2) is 5.96 Å². The summed E-state index contributed by atoms with van der Waals surface area (Å²) < 4.78 is 29.8. The minimum absolute atomic E-state index is 0.0337. The summed E-state index contributed by atoms with van der Waals surface area (Å²) in [5, 5.41) is 2.65. The van der Waals surface area contributed by atoms with E-state index in [-0.39, 0.29) is 12.1 Å².